The van der Waals surface area contributed by atoms with Gasteiger partial charge in [-0.05, 0) is 66.7 Å². The van der Waals surface area contributed by atoms with Crippen LogP contribution in [0.4, 0.5) is 5.69 Å². The van der Waals surface area contributed by atoms with Gasteiger partial charge in [-0.1, -0.05) is 24.3 Å². The predicted octanol–water partition coefficient (Wildman–Crippen LogP) is 4.95. The third-order valence-electron chi connectivity index (χ3n) is 4.68. The molecule has 1 aromatic heterocycles. The molecule has 1 fully saturated rings. The molecule has 0 atom stereocenters. The van der Waals surface area contributed by atoms with Gasteiger partial charge in [0.1, 0.15) is 5.76 Å². The summed E-state index contributed by atoms with van der Waals surface area (Å²) in [5, 5.41) is 9.42. The largest absolute Gasteiger partial charge is 0.490 e. The summed E-state index contributed by atoms with van der Waals surface area (Å²) in [7, 11) is 0. The molecule has 0 spiro atoms. The van der Waals surface area contributed by atoms with Crippen LogP contribution in [0.5, 0.6) is 11.5 Å². The Morgan fingerprint density at radius 3 is 2.65 bits per heavy atom. The second kappa shape index (κ2) is 10.8. The van der Waals surface area contributed by atoms with E-state index in [1.165, 1.54) is 11.8 Å². The van der Waals surface area contributed by atoms with E-state index < -0.39 is 12.6 Å². The van der Waals surface area contributed by atoms with E-state index in [0.717, 1.165) is 5.69 Å². The highest BCUT2D eigenvalue weighted by Gasteiger charge is 2.34. The SMILES string of the molecule is CCOc1cc(/C=C2\SC(=Nc3ccccc3)N(Cc3ccco3)C2=O)ccc1OCC(=O)O. The van der Waals surface area contributed by atoms with Gasteiger partial charge in [-0.25, -0.2) is 9.79 Å². The van der Waals surface area contributed by atoms with Crippen LogP contribution in [0.2, 0.25) is 0 Å². The van der Waals surface area contributed by atoms with Gasteiger partial charge in [-0.15, -0.1) is 0 Å². The summed E-state index contributed by atoms with van der Waals surface area (Å²) >= 11 is 1.27. The van der Waals surface area contributed by atoms with Crippen molar-refractivity contribution in [1.82, 2.24) is 4.90 Å². The molecular weight excluding hydrogens is 456 g/mol. The third-order valence-corrected chi connectivity index (χ3v) is 5.69. The van der Waals surface area contributed by atoms with Gasteiger partial charge in [0, 0.05) is 0 Å². The van der Waals surface area contributed by atoms with Crippen molar-refractivity contribution >= 4 is 40.6 Å². The lowest BCUT2D eigenvalue weighted by atomic mass is 10.2. The highest BCUT2D eigenvalue weighted by atomic mass is 32.2. The normalized spacial score (nSPS) is 15.8. The van der Waals surface area contributed by atoms with Gasteiger partial charge in [0.15, 0.2) is 23.3 Å². The lowest BCUT2D eigenvalue weighted by molar-refractivity contribution is -0.139. The molecule has 2 aromatic carbocycles. The smallest absolute Gasteiger partial charge is 0.341 e. The summed E-state index contributed by atoms with van der Waals surface area (Å²) in [5.41, 5.74) is 1.45. The van der Waals surface area contributed by atoms with Gasteiger partial charge >= 0.3 is 5.97 Å². The number of benzene rings is 2. The molecule has 1 amide bonds. The van der Waals surface area contributed by atoms with E-state index in [2.05, 4.69) is 4.99 Å². The highest BCUT2D eigenvalue weighted by molar-refractivity contribution is 8.18. The van der Waals surface area contributed by atoms with E-state index in [1.807, 2.05) is 43.3 Å². The van der Waals surface area contributed by atoms with Crippen LogP contribution < -0.4 is 9.47 Å². The number of ether oxygens (including phenoxy) is 2. The predicted molar refractivity (Wildman–Crippen MR) is 129 cm³/mol. The lowest BCUT2D eigenvalue weighted by Crippen LogP contribution is -2.28. The molecule has 34 heavy (non-hydrogen) atoms. The Kier molecular flexibility index (Phi) is 7.34. The van der Waals surface area contributed by atoms with Crippen molar-refractivity contribution in [2.75, 3.05) is 13.2 Å². The zero-order valence-corrected chi connectivity index (χ0v) is 19.2. The number of hydrogen-bond donors (Lipinski definition) is 1. The molecule has 0 bridgehead atoms. The summed E-state index contributed by atoms with van der Waals surface area (Å²) in [6, 6.07) is 18.1. The average molecular weight is 479 g/mol. The molecule has 1 aliphatic rings. The van der Waals surface area contributed by atoms with Crippen LogP contribution in [0, 0.1) is 0 Å². The molecule has 174 valence electrons. The first kappa shape index (κ1) is 23.2. The molecular formula is C25H22N2O6S. The van der Waals surface area contributed by atoms with Crippen LogP contribution in [0.3, 0.4) is 0 Å². The quantitative estimate of drug-likeness (QED) is 0.434. The molecule has 1 N–H and O–H groups in total. The number of aliphatic carboxylic acids is 1. The summed E-state index contributed by atoms with van der Waals surface area (Å²) in [5.74, 6) is 0.0972. The van der Waals surface area contributed by atoms with Crippen molar-refractivity contribution < 1.29 is 28.6 Å². The number of hydrogen-bond acceptors (Lipinski definition) is 7. The maximum Gasteiger partial charge on any atom is 0.341 e. The monoisotopic (exact) mass is 478 g/mol. The first-order valence-electron chi connectivity index (χ1n) is 10.5. The van der Waals surface area contributed by atoms with Crippen molar-refractivity contribution in [3.63, 3.8) is 0 Å². The van der Waals surface area contributed by atoms with Crippen LogP contribution in [-0.2, 0) is 16.1 Å². The van der Waals surface area contributed by atoms with E-state index in [0.29, 0.717) is 39.5 Å². The number of carbonyl (C=O) groups is 2. The van der Waals surface area contributed by atoms with E-state index in [1.54, 1.807) is 41.5 Å². The summed E-state index contributed by atoms with van der Waals surface area (Å²) in [4.78, 5) is 30.9. The molecule has 8 nitrogen and oxygen atoms in total. The summed E-state index contributed by atoms with van der Waals surface area (Å²) in [6.07, 6.45) is 3.32. The molecule has 0 unspecified atom stereocenters. The second-order valence-corrected chi connectivity index (χ2v) is 8.14. The molecule has 0 aliphatic carbocycles. The van der Waals surface area contributed by atoms with Crippen LogP contribution in [-0.4, -0.2) is 40.3 Å². The molecule has 2 heterocycles. The number of carbonyl (C=O) groups excluding carboxylic acids is 1. The fraction of sp³-hybridized carbons (Fsp3) is 0.160. The molecule has 1 aliphatic heterocycles. The van der Waals surface area contributed by atoms with Gasteiger partial charge in [0.05, 0.1) is 30.0 Å². The van der Waals surface area contributed by atoms with Crippen LogP contribution in [0.1, 0.15) is 18.2 Å². The first-order valence-corrected chi connectivity index (χ1v) is 11.3. The number of carboxylic acid groups (broad SMARTS) is 1. The van der Waals surface area contributed by atoms with Crippen molar-refractivity contribution in [2.45, 2.75) is 13.5 Å². The van der Waals surface area contributed by atoms with E-state index in [9.17, 15) is 9.59 Å². The van der Waals surface area contributed by atoms with Crippen LogP contribution in [0.25, 0.3) is 6.08 Å². The number of rotatable bonds is 9. The van der Waals surface area contributed by atoms with E-state index in [-0.39, 0.29) is 12.5 Å². The Balaban J connectivity index is 1.64. The minimum absolute atomic E-state index is 0.194. The van der Waals surface area contributed by atoms with E-state index >= 15 is 0 Å². The fourth-order valence-electron chi connectivity index (χ4n) is 3.19. The molecule has 0 radical (unpaired) electrons. The van der Waals surface area contributed by atoms with Gasteiger partial charge in [-0.3, -0.25) is 9.69 Å². The van der Waals surface area contributed by atoms with Crippen LogP contribution in [0.15, 0.2) is 81.2 Å². The van der Waals surface area contributed by atoms with Crippen molar-refractivity contribution in [3.8, 4) is 11.5 Å². The van der Waals surface area contributed by atoms with Gasteiger partial charge in [-0.2, -0.15) is 0 Å². The van der Waals surface area contributed by atoms with Gasteiger partial charge in [0.2, 0.25) is 0 Å². The lowest BCUT2D eigenvalue weighted by Gasteiger charge is -2.13. The number of amides is 1. The fourth-order valence-corrected chi connectivity index (χ4v) is 4.19. The standard InChI is InChI=1S/C25H22N2O6S/c1-2-31-21-13-17(10-11-20(21)33-16-23(28)29)14-22-24(30)27(15-19-9-6-12-32-19)25(34-22)26-18-7-4-3-5-8-18/h3-14H,2,15-16H2,1H3,(H,28,29)/b22-14-,26-25?. The molecule has 4 rings (SSSR count). The summed E-state index contributed by atoms with van der Waals surface area (Å²) in [6.45, 7) is 1.98. The summed E-state index contributed by atoms with van der Waals surface area (Å²) < 4.78 is 16.4. The van der Waals surface area contributed by atoms with Crippen molar-refractivity contribution in [1.29, 1.82) is 0 Å². The van der Waals surface area contributed by atoms with Crippen molar-refractivity contribution in [2.24, 2.45) is 4.99 Å². The molecule has 3 aromatic rings. The molecule has 1 saturated heterocycles. The number of amidine groups is 1. The Morgan fingerprint density at radius 1 is 1.12 bits per heavy atom. The Hall–Kier alpha value is -3.98. The number of aliphatic imine (C=N–C) groups is 1. The molecule has 0 saturated carbocycles. The Bertz CT molecular complexity index is 1220. The highest BCUT2D eigenvalue weighted by Crippen LogP contribution is 2.36. The van der Waals surface area contributed by atoms with E-state index in [4.69, 9.17) is 19.0 Å². The average Bonchev–Trinajstić information content (AvgIpc) is 3.44. The topological polar surface area (TPSA) is 102 Å². The van der Waals surface area contributed by atoms with Gasteiger partial charge in [0.25, 0.3) is 5.91 Å². The minimum Gasteiger partial charge on any atom is -0.490 e. The number of carboxylic acids is 1. The number of furan rings is 1. The van der Waals surface area contributed by atoms with Gasteiger partial charge < -0.3 is 19.0 Å². The minimum atomic E-state index is -1.08. The number of para-hydroxylation sites is 1. The second-order valence-electron chi connectivity index (χ2n) is 7.13. The number of nitrogens with zero attached hydrogens (tertiary/aromatic N) is 2. The first-order chi connectivity index (χ1) is 16.5. The third kappa shape index (κ3) is 5.68. The number of thioether (sulfide) groups is 1. The maximum atomic E-state index is 13.3. The van der Waals surface area contributed by atoms with Crippen molar-refractivity contribution in [3.05, 3.63) is 83.2 Å². The molecule has 9 heteroatoms. The maximum absolute atomic E-state index is 13.3. The zero-order chi connectivity index (χ0) is 23.9. The van der Waals surface area contributed by atoms with Crippen LogP contribution >= 0.6 is 11.8 Å². The Labute approximate surface area is 200 Å². The Morgan fingerprint density at radius 2 is 1.94 bits per heavy atom. The zero-order valence-electron chi connectivity index (χ0n) is 18.3.